The number of rotatable bonds is 8. The van der Waals surface area contributed by atoms with Gasteiger partial charge in [-0.15, -0.1) is 0 Å². The predicted molar refractivity (Wildman–Crippen MR) is 118 cm³/mol. The number of nitrogens with zero attached hydrogens (tertiary/aromatic N) is 1. The molecule has 1 saturated heterocycles. The summed E-state index contributed by atoms with van der Waals surface area (Å²) in [6, 6.07) is 7.89. The zero-order valence-corrected chi connectivity index (χ0v) is 19.4. The largest absolute Gasteiger partial charge is 0.479 e. The van der Waals surface area contributed by atoms with Gasteiger partial charge in [0.25, 0.3) is 0 Å². The number of aliphatic hydroxyl groups excluding tert-OH is 4. The highest BCUT2D eigenvalue weighted by Crippen LogP contribution is 2.12. The molecule has 0 saturated carbocycles. The van der Waals surface area contributed by atoms with E-state index in [9.17, 15) is 23.6 Å². The molecule has 0 unspecified atom stereocenters. The Morgan fingerprint density at radius 2 is 1.19 bits per heavy atom. The van der Waals surface area contributed by atoms with Crippen LogP contribution in [0.15, 0.2) is 24.3 Å². The van der Waals surface area contributed by atoms with E-state index in [0.717, 1.165) is 19.6 Å². The van der Waals surface area contributed by atoms with Crippen LogP contribution in [-0.2, 0) is 25.7 Å². The molecule has 1 aliphatic rings. The van der Waals surface area contributed by atoms with Crippen molar-refractivity contribution in [3.63, 3.8) is 0 Å². The maximum absolute atomic E-state index is 12.8. The van der Waals surface area contributed by atoms with Crippen molar-refractivity contribution < 1.29 is 64.4 Å². The summed E-state index contributed by atoms with van der Waals surface area (Å²) in [5.74, 6) is -7.24. The number of carboxylic acids is 4. The van der Waals surface area contributed by atoms with Crippen LogP contribution >= 0.6 is 0 Å². The molecule has 9 N–H and O–H groups in total. The van der Waals surface area contributed by atoms with E-state index in [4.69, 9.17) is 40.9 Å². The topological polar surface area (TPSA) is 245 Å². The van der Waals surface area contributed by atoms with Gasteiger partial charge in [0, 0.05) is 31.7 Å². The maximum Gasteiger partial charge on any atom is 0.335 e. The molecule has 1 heterocycles. The summed E-state index contributed by atoms with van der Waals surface area (Å²) in [5, 5.41) is 68.5. The van der Waals surface area contributed by atoms with Crippen LogP contribution in [0.4, 0.5) is 4.39 Å². The summed E-state index contributed by atoms with van der Waals surface area (Å²) in [5.41, 5.74) is 1.18. The fourth-order valence-corrected chi connectivity index (χ4v) is 2.68. The number of aliphatic carboxylic acids is 4. The van der Waals surface area contributed by atoms with Crippen molar-refractivity contribution in [2.45, 2.75) is 56.9 Å². The molecule has 1 aliphatic heterocycles. The molecule has 1 aromatic rings. The highest BCUT2D eigenvalue weighted by Gasteiger charge is 2.30. The fraction of sp³-hybridized carbons (Fsp3) is 0.524. The number of nitrogens with one attached hydrogen (secondary N) is 1. The minimum atomic E-state index is -2.27. The van der Waals surface area contributed by atoms with Crippen LogP contribution in [0.1, 0.15) is 19.4 Å². The Kier molecular flexibility index (Phi) is 14.3. The number of halogens is 1. The molecule has 1 fully saturated rings. The van der Waals surface area contributed by atoms with E-state index >= 15 is 0 Å². The Labute approximate surface area is 204 Å². The zero-order chi connectivity index (χ0) is 28.2. The first kappa shape index (κ1) is 32.8. The van der Waals surface area contributed by atoms with Crippen molar-refractivity contribution in [3.05, 3.63) is 35.6 Å². The number of piperazine rings is 1. The predicted octanol–water partition coefficient (Wildman–Crippen LogP) is -2.24. The number of hydrogen-bond donors (Lipinski definition) is 9. The average Bonchev–Trinajstić information content (AvgIpc) is 2.81. The lowest BCUT2D eigenvalue weighted by atomic mass is 10.1. The van der Waals surface area contributed by atoms with Gasteiger partial charge in [0.2, 0.25) is 0 Å². The molecule has 2 rings (SSSR count). The molecular weight excluding hydrogens is 491 g/mol. The van der Waals surface area contributed by atoms with Gasteiger partial charge < -0.3 is 46.2 Å². The second-order valence-corrected chi connectivity index (χ2v) is 7.85. The summed E-state index contributed by atoms with van der Waals surface area (Å²) in [6.07, 6.45) is -9.06. The Morgan fingerprint density at radius 3 is 1.53 bits per heavy atom. The van der Waals surface area contributed by atoms with Gasteiger partial charge in [-0.05, 0) is 31.5 Å². The summed E-state index contributed by atoms with van der Waals surface area (Å²) in [6.45, 7) is 7.42. The minimum absolute atomic E-state index is 0.162. The van der Waals surface area contributed by atoms with Crippen molar-refractivity contribution in [2.75, 3.05) is 13.1 Å². The number of carbonyl (C=O) groups is 4. The van der Waals surface area contributed by atoms with E-state index in [1.807, 2.05) is 12.1 Å². The summed E-state index contributed by atoms with van der Waals surface area (Å²) in [4.78, 5) is 41.5. The van der Waals surface area contributed by atoms with E-state index in [1.165, 1.54) is 17.7 Å². The number of hydrogen-bond acceptors (Lipinski definition) is 10. The summed E-state index contributed by atoms with van der Waals surface area (Å²) >= 11 is 0. The molecule has 15 heteroatoms. The summed E-state index contributed by atoms with van der Waals surface area (Å²) < 4.78 is 12.8. The number of aliphatic hydroxyl groups is 4. The minimum Gasteiger partial charge on any atom is -0.479 e. The molecular formula is C21H31FN2O12. The number of carboxylic acid groups (broad SMARTS) is 4. The quantitative estimate of drug-likeness (QED) is 0.175. The molecule has 14 nitrogen and oxygen atoms in total. The molecule has 0 aromatic heterocycles. The number of benzene rings is 1. The van der Waals surface area contributed by atoms with E-state index < -0.39 is 48.3 Å². The van der Waals surface area contributed by atoms with Crippen LogP contribution in [0.3, 0.4) is 0 Å². The van der Waals surface area contributed by atoms with E-state index in [1.54, 1.807) is 0 Å². The first-order valence-electron chi connectivity index (χ1n) is 10.4. The van der Waals surface area contributed by atoms with Crippen molar-refractivity contribution >= 4 is 23.9 Å². The SMILES string of the molecule is C[C@@H]1CN(Cc2ccc(F)cc2)[C@@H](C)CN1.O=C(O)[C@H](O)[C@@H](O)C(=O)O.O=C(O)[C@H](O)[C@@H](O)C(=O)O. The second-order valence-electron chi connectivity index (χ2n) is 7.85. The normalized spacial score (nSPS) is 20.8. The Balaban J connectivity index is 0.000000540. The monoisotopic (exact) mass is 522 g/mol. The standard InChI is InChI=1S/C13H19FN2.2C4H6O6/c1-10-8-16(11(2)7-15-10)9-12-3-5-13(14)6-4-12;2*5-1(3(7)8)2(6)4(9)10/h3-6,10-11,15H,7-9H2,1-2H3;2*1-2,5-6H,(H,7,8)(H,9,10)/t10-,11+;2*1-,2-/m111/s1. The lowest BCUT2D eigenvalue weighted by molar-refractivity contribution is -0.165. The van der Waals surface area contributed by atoms with Crippen molar-refractivity contribution in [2.24, 2.45) is 0 Å². The molecule has 0 radical (unpaired) electrons. The third-order valence-electron chi connectivity index (χ3n) is 4.80. The molecule has 36 heavy (non-hydrogen) atoms. The zero-order valence-electron chi connectivity index (χ0n) is 19.4. The van der Waals surface area contributed by atoms with Gasteiger partial charge in [0.15, 0.2) is 24.4 Å². The molecule has 1 aromatic carbocycles. The second kappa shape index (κ2) is 15.7. The smallest absolute Gasteiger partial charge is 0.335 e. The average molecular weight is 522 g/mol. The van der Waals surface area contributed by atoms with Crippen molar-refractivity contribution in [1.29, 1.82) is 0 Å². The molecule has 0 spiro atoms. The Bertz CT molecular complexity index is 797. The lowest BCUT2D eigenvalue weighted by Gasteiger charge is -2.37. The van der Waals surface area contributed by atoms with Gasteiger partial charge in [-0.25, -0.2) is 23.6 Å². The molecule has 204 valence electrons. The van der Waals surface area contributed by atoms with E-state index in [-0.39, 0.29) is 5.82 Å². The third-order valence-corrected chi connectivity index (χ3v) is 4.80. The van der Waals surface area contributed by atoms with Crippen LogP contribution in [0.25, 0.3) is 0 Å². The van der Waals surface area contributed by atoms with Crippen LogP contribution < -0.4 is 5.32 Å². The Hall–Kier alpha value is -3.21. The van der Waals surface area contributed by atoms with Crippen LogP contribution in [0, 0.1) is 5.82 Å². The van der Waals surface area contributed by atoms with E-state index in [0.29, 0.717) is 12.1 Å². The molecule has 6 atom stereocenters. The van der Waals surface area contributed by atoms with Crippen molar-refractivity contribution in [1.82, 2.24) is 10.2 Å². The molecule has 0 amide bonds. The highest BCUT2D eigenvalue weighted by atomic mass is 19.1. The first-order valence-corrected chi connectivity index (χ1v) is 10.4. The molecule has 0 aliphatic carbocycles. The fourth-order valence-electron chi connectivity index (χ4n) is 2.68. The van der Waals surface area contributed by atoms with Crippen LogP contribution in [0.5, 0.6) is 0 Å². The van der Waals surface area contributed by atoms with Gasteiger partial charge in [-0.1, -0.05) is 12.1 Å². The first-order chi connectivity index (χ1) is 16.6. The van der Waals surface area contributed by atoms with Gasteiger partial charge in [-0.2, -0.15) is 0 Å². The molecule has 0 bridgehead atoms. The van der Waals surface area contributed by atoms with Gasteiger partial charge in [-0.3, -0.25) is 4.90 Å². The van der Waals surface area contributed by atoms with Gasteiger partial charge >= 0.3 is 23.9 Å². The van der Waals surface area contributed by atoms with E-state index in [2.05, 4.69) is 24.1 Å². The van der Waals surface area contributed by atoms with Gasteiger partial charge in [0.05, 0.1) is 0 Å². The van der Waals surface area contributed by atoms with Crippen LogP contribution in [0.2, 0.25) is 0 Å². The third kappa shape index (κ3) is 12.0. The maximum atomic E-state index is 12.8. The van der Waals surface area contributed by atoms with Crippen LogP contribution in [-0.4, -0.2) is 119 Å². The van der Waals surface area contributed by atoms with Gasteiger partial charge in [0.1, 0.15) is 5.82 Å². The highest BCUT2D eigenvalue weighted by molar-refractivity contribution is 5.83. The Morgan fingerprint density at radius 1 is 0.833 bits per heavy atom. The summed E-state index contributed by atoms with van der Waals surface area (Å²) in [7, 11) is 0. The lowest BCUT2D eigenvalue weighted by Crippen LogP contribution is -2.53. The van der Waals surface area contributed by atoms with Crippen molar-refractivity contribution in [3.8, 4) is 0 Å².